The highest BCUT2D eigenvalue weighted by atomic mass is 19.4. The second-order valence-corrected chi connectivity index (χ2v) is 5.78. The van der Waals surface area contributed by atoms with Crippen LogP contribution in [0.5, 0.6) is 0 Å². The average Bonchev–Trinajstić information content (AvgIpc) is 2.56. The highest BCUT2D eigenvalue weighted by Gasteiger charge is 2.45. The van der Waals surface area contributed by atoms with Crippen molar-refractivity contribution >= 4 is 17.6 Å². The van der Waals surface area contributed by atoms with Crippen molar-refractivity contribution in [2.24, 2.45) is 0 Å². The van der Waals surface area contributed by atoms with E-state index in [2.05, 4.69) is 0 Å². The van der Waals surface area contributed by atoms with Gasteiger partial charge in [-0.3, -0.25) is 14.9 Å². The summed E-state index contributed by atoms with van der Waals surface area (Å²) < 4.78 is 47.6. The first-order valence-corrected chi connectivity index (χ1v) is 7.65. The number of ether oxygens (including phenoxy) is 2. The monoisotopic (exact) mass is 392 g/mol. The molecular weight excluding hydrogens is 377 g/mol. The summed E-state index contributed by atoms with van der Waals surface area (Å²) in [6, 6.07) is 3.01. The van der Waals surface area contributed by atoms with Crippen molar-refractivity contribution in [1.29, 1.82) is 0 Å². The van der Waals surface area contributed by atoms with Gasteiger partial charge in [0.15, 0.2) is 6.29 Å². The molecule has 4 atom stereocenters. The zero-order chi connectivity index (χ0) is 20.4. The predicted molar refractivity (Wildman–Crippen MR) is 81.5 cm³/mol. The van der Waals surface area contributed by atoms with Gasteiger partial charge in [-0.25, -0.2) is 4.79 Å². The third-order valence-electron chi connectivity index (χ3n) is 3.82. The summed E-state index contributed by atoms with van der Waals surface area (Å²) in [4.78, 5) is 33.3. The van der Waals surface area contributed by atoms with Gasteiger partial charge >= 0.3 is 18.1 Å². The molecule has 1 aromatic rings. The number of nitrogens with zero attached hydrogens (tertiary/aromatic N) is 1. The minimum Gasteiger partial charge on any atom is -0.454 e. The van der Waals surface area contributed by atoms with Gasteiger partial charge in [-0.2, -0.15) is 13.2 Å². The van der Waals surface area contributed by atoms with Crippen LogP contribution >= 0.6 is 0 Å². The van der Waals surface area contributed by atoms with E-state index < -0.39 is 53.9 Å². The first kappa shape index (κ1) is 20.6. The van der Waals surface area contributed by atoms with Crippen LogP contribution in [0.15, 0.2) is 24.3 Å². The fourth-order valence-electron chi connectivity index (χ4n) is 2.54. The smallest absolute Gasteiger partial charge is 0.454 e. The number of amides is 1. The highest BCUT2D eigenvalue weighted by molar-refractivity contribution is 5.90. The summed E-state index contributed by atoms with van der Waals surface area (Å²) in [5.41, 5.74) is -0.348. The number of nitro groups is 1. The molecule has 1 saturated heterocycles. The van der Waals surface area contributed by atoms with E-state index in [0.717, 1.165) is 24.3 Å². The van der Waals surface area contributed by atoms with Gasteiger partial charge in [0.1, 0.15) is 6.10 Å². The van der Waals surface area contributed by atoms with E-state index in [-0.39, 0.29) is 11.3 Å². The molecule has 0 bridgehead atoms. The van der Waals surface area contributed by atoms with Gasteiger partial charge in [-0.15, -0.1) is 0 Å². The normalized spacial score (nSPS) is 25.5. The second-order valence-electron chi connectivity index (χ2n) is 5.78. The first-order valence-electron chi connectivity index (χ1n) is 7.65. The molecule has 0 saturated carbocycles. The summed E-state index contributed by atoms with van der Waals surface area (Å²) >= 11 is 0. The first-order chi connectivity index (χ1) is 12.5. The quantitative estimate of drug-likeness (QED) is 0.449. The Morgan fingerprint density at radius 3 is 2.44 bits per heavy atom. The molecular formula is C15H15F3N2O7. The molecule has 1 amide bonds. The summed E-state index contributed by atoms with van der Waals surface area (Å²) in [6.07, 6.45) is -9.37. The maximum atomic E-state index is 12.5. The van der Waals surface area contributed by atoms with Crippen LogP contribution in [-0.2, 0) is 14.3 Å². The Morgan fingerprint density at radius 2 is 1.93 bits per heavy atom. The van der Waals surface area contributed by atoms with E-state index in [9.17, 15) is 38.0 Å². The van der Waals surface area contributed by atoms with Gasteiger partial charge < -0.3 is 19.9 Å². The third-order valence-corrected chi connectivity index (χ3v) is 3.82. The lowest BCUT2D eigenvalue weighted by Crippen LogP contribution is -2.58. The fourth-order valence-corrected chi connectivity index (χ4v) is 2.54. The topological polar surface area (TPSA) is 128 Å². The number of rotatable bonds is 4. The molecule has 2 N–H and O–H groups in total. The van der Waals surface area contributed by atoms with Crippen molar-refractivity contribution < 1.29 is 42.3 Å². The van der Waals surface area contributed by atoms with Gasteiger partial charge in [0, 0.05) is 18.6 Å². The molecule has 148 valence electrons. The minimum absolute atomic E-state index is 0.0835. The standard InChI is InChI=1S/C15H15F3N2O7/c1-7-12(10(6-11(21)26-7)19-14(23)15(16,17)18)27-13(22)8-2-4-9(5-3-8)20(24)25/h2-5,7,10-12,21H,6H2,1H3,(H,19,23)/t7-,10-,11?,12+/m0/s1. The Kier molecular flexibility index (Phi) is 6.01. The zero-order valence-corrected chi connectivity index (χ0v) is 13.8. The number of halogens is 3. The number of hydrogen-bond donors (Lipinski definition) is 2. The van der Waals surface area contributed by atoms with Gasteiger partial charge in [-0.1, -0.05) is 0 Å². The number of aliphatic hydroxyl groups is 1. The van der Waals surface area contributed by atoms with Crippen LogP contribution in [0.4, 0.5) is 18.9 Å². The van der Waals surface area contributed by atoms with Crippen molar-refractivity contribution in [3.8, 4) is 0 Å². The summed E-state index contributed by atoms with van der Waals surface area (Å²) in [5.74, 6) is -3.22. The molecule has 1 unspecified atom stereocenters. The van der Waals surface area contributed by atoms with E-state index >= 15 is 0 Å². The Labute approximate surface area is 150 Å². The Hall–Kier alpha value is -2.73. The third kappa shape index (κ3) is 5.14. The number of nitrogens with one attached hydrogen (secondary N) is 1. The minimum atomic E-state index is -5.15. The molecule has 0 aliphatic carbocycles. The van der Waals surface area contributed by atoms with Gasteiger partial charge in [0.2, 0.25) is 0 Å². The van der Waals surface area contributed by atoms with E-state index in [1.54, 1.807) is 5.32 Å². The lowest BCUT2D eigenvalue weighted by atomic mass is 9.99. The molecule has 1 fully saturated rings. The maximum Gasteiger partial charge on any atom is 0.471 e. The van der Waals surface area contributed by atoms with Crippen LogP contribution in [0.2, 0.25) is 0 Å². The van der Waals surface area contributed by atoms with Gasteiger partial charge in [0.05, 0.1) is 22.6 Å². The van der Waals surface area contributed by atoms with Crippen LogP contribution in [0.1, 0.15) is 23.7 Å². The Bertz CT molecular complexity index is 723. The van der Waals surface area contributed by atoms with E-state index in [0.29, 0.717) is 0 Å². The van der Waals surface area contributed by atoms with Crippen LogP contribution < -0.4 is 5.32 Å². The Balaban J connectivity index is 2.15. The molecule has 1 aliphatic rings. The fraction of sp³-hybridized carbons (Fsp3) is 0.467. The second kappa shape index (κ2) is 7.88. The van der Waals surface area contributed by atoms with Gasteiger partial charge in [-0.05, 0) is 19.1 Å². The number of non-ortho nitro benzene ring substituents is 1. The number of benzene rings is 1. The molecule has 0 spiro atoms. The number of nitro benzene ring substituents is 1. The molecule has 1 aromatic carbocycles. The van der Waals surface area contributed by atoms with Crippen molar-refractivity contribution in [2.75, 3.05) is 0 Å². The summed E-state index contributed by atoms with van der Waals surface area (Å²) in [6.45, 7) is 1.35. The molecule has 2 rings (SSSR count). The van der Waals surface area contributed by atoms with E-state index in [1.165, 1.54) is 6.92 Å². The van der Waals surface area contributed by atoms with E-state index in [1.807, 2.05) is 0 Å². The molecule has 1 heterocycles. The molecule has 12 heteroatoms. The Morgan fingerprint density at radius 1 is 1.33 bits per heavy atom. The molecule has 9 nitrogen and oxygen atoms in total. The van der Waals surface area contributed by atoms with Crippen LogP contribution in [0.3, 0.4) is 0 Å². The number of aliphatic hydroxyl groups excluding tert-OH is 1. The van der Waals surface area contributed by atoms with Crippen molar-refractivity contribution in [1.82, 2.24) is 5.32 Å². The highest BCUT2D eigenvalue weighted by Crippen LogP contribution is 2.25. The number of carbonyl (C=O) groups is 2. The number of esters is 1. The van der Waals surface area contributed by atoms with Gasteiger partial charge in [0.25, 0.3) is 5.69 Å². The number of carbonyl (C=O) groups excluding carboxylic acids is 2. The number of hydrogen-bond acceptors (Lipinski definition) is 7. The summed E-state index contributed by atoms with van der Waals surface area (Å²) in [5, 5.41) is 21.9. The maximum absolute atomic E-state index is 12.5. The lowest BCUT2D eigenvalue weighted by molar-refractivity contribution is -0.384. The van der Waals surface area contributed by atoms with Crippen LogP contribution in [0, 0.1) is 10.1 Å². The van der Waals surface area contributed by atoms with E-state index in [4.69, 9.17) is 9.47 Å². The molecule has 0 radical (unpaired) electrons. The summed E-state index contributed by atoms with van der Waals surface area (Å²) in [7, 11) is 0. The van der Waals surface area contributed by atoms with Crippen molar-refractivity contribution in [3.05, 3.63) is 39.9 Å². The lowest BCUT2D eigenvalue weighted by Gasteiger charge is -2.38. The number of alkyl halides is 3. The molecule has 1 aliphatic heterocycles. The van der Waals surface area contributed by atoms with Crippen LogP contribution in [-0.4, -0.2) is 52.6 Å². The molecule has 27 heavy (non-hydrogen) atoms. The molecule has 0 aromatic heterocycles. The van der Waals surface area contributed by atoms with Crippen LogP contribution in [0.25, 0.3) is 0 Å². The average molecular weight is 392 g/mol. The predicted octanol–water partition coefficient (Wildman–Crippen LogP) is 1.29. The van der Waals surface area contributed by atoms with Crippen molar-refractivity contribution in [2.45, 2.75) is 44.1 Å². The van der Waals surface area contributed by atoms with Crippen molar-refractivity contribution in [3.63, 3.8) is 0 Å². The largest absolute Gasteiger partial charge is 0.471 e. The zero-order valence-electron chi connectivity index (χ0n) is 13.8. The SMILES string of the molecule is C[C@@H]1OC(O)C[C@H](NC(=O)C(F)(F)F)[C@@H]1OC(=O)c1ccc([N+](=O)[O-])cc1.